The maximum Gasteiger partial charge on any atom is 0.251 e. The average molecular weight is 459 g/mol. The third-order valence-electron chi connectivity index (χ3n) is 5.12. The molecule has 0 fully saturated rings. The minimum Gasteiger partial charge on any atom is -0.348 e. The van der Waals surface area contributed by atoms with Crippen LogP contribution in [0, 0.1) is 5.92 Å². The first-order valence-electron chi connectivity index (χ1n) is 10.8. The van der Waals surface area contributed by atoms with Crippen molar-refractivity contribution in [3.05, 3.63) is 95.9 Å². The lowest BCUT2D eigenvalue weighted by Crippen LogP contribution is -2.22. The van der Waals surface area contributed by atoms with E-state index in [0.717, 1.165) is 33.2 Å². The molecule has 0 radical (unpaired) electrons. The fourth-order valence-electron chi connectivity index (χ4n) is 3.19. The fourth-order valence-corrected chi connectivity index (χ4v) is 3.98. The Bertz CT molecular complexity index is 1210. The second-order valence-electron chi connectivity index (χ2n) is 8.03. The lowest BCUT2D eigenvalue weighted by atomic mass is 10.1. The molecule has 0 spiro atoms. The Morgan fingerprint density at radius 2 is 1.76 bits per heavy atom. The number of aromatic nitrogens is 2. The summed E-state index contributed by atoms with van der Waals surface area (Å²) in [5, 5.41) is 5.80. The molecule has 2 heterocycles. The number of nitrogens with one attached hydrogen (secondary N) is 2. The molecule has 2 N–H and O–H groups in total. The van der Waals surface area contributed by atoms with Crippen LogP contribution in [0.2, 0.25) is 0 Å². The van der Waals surface area contributed by atoms with Gasteiger partial charge in [0.1, 0.15) is 5.65 Å². The SMILES string of the molecule is CC(C)C(=O)Nc1ccc(CNC(=O)c2ccc(SCc3cn4ccccc4n3)cc2)cc1. The number of pyridine rings is 1. The summed E-state index contributed by atoms with van der Waals surface area (Å²) in [6, 6.07) is 21.0. The van der Waals surface area contributed by atoms with Gasteiger partial charge < -0.3 is 15.0 Å². The van der Waals surface area contributed by atoms with E-state index in [2.05, 4.69) is 15.6 Å². The molecule has 0 aliphatic carbocycles. The van der Waals surface area contributed by atoms with E-state index in [-0.39, 0.29) is 17.7 Å². The summed E-state index contributed by atoms with van der Waals surface area (Å²) in [6.07, 6.45) is 4.03. The quantitative estimate of drug-likeness (QED) is 0.358. The van der Waals surface area contributed by atoms with Crippen molar-refractivity contribution in [2.45, 2.75) is 31.0 Å². The predicted octanol–water partition coefficient (Wildman–Crippen LogP) is 5.15. The van der Waals surface area contributed by atoms with Crippen LogP contribution >= 0.6 is 11.8 Å². The third kappa shape index (κ3) is 6.02. The van der Waals surface area contributed by atoms with Crippen molar-refractivity contribution in [2.24, 2.45) is 5.92 Å². The molecule has 4 rings (SSSR count). The van der Waals surface area contributed by atoms with Gasteiger partial charge in [-0.15, -0.1) is 11.8 Å². The van der Waals surface area contributed by atoms with E-state index < -0.39 is 0 Å². The second-order valence-corrected chi connectivity index (χ2v) is 9.08. The Labute approximate surface area is 197 Å². The molecule has 7 heteroatoms. The first-order valence-corrected chi connectivity index (χ1v) is 11.8. The molecule has 2 aromatic carbocycles. The number of amides is 2. The van der Waals surface area contributed by atoms with E-state index in [1.165, 1.54) is 0 Å². The van der Waals surface area contributed by atoms with Crippen LogP contribution in [0.4, 0.5) is 5.69 Å². The smallest absolute Gasteiger partial charge is 0.251 e. The van der Waals surface area contributed by atoms with Gasteiger partial charge in [0.05, 0.1) is 5.69 Å². The Hall–Kier alpha value is -3.58. The molecule has 0 atom stereocenters. The minimum atomic E-state index is -0.121. The number of rotatable bonds is 8. The van der Waals surface area contributed by atoms with Crippen molar-refractivity contribution < 1.29 is 9.59 Å². The number of hydrogen-bond donors (Lipinski definition) is 2. The van der Waals surface area contributed by atoms with Gasteiger partial charge >= 0.3 is 0 Å². The minimum absolute atomic E-state index is 0.0176. The number of hydrogen-bond acceptors (Lipinski definition) is 4. The summed E-state index contributed by atoms with van der Waals surface area (Å²) < 4.78 is 2.01. The number of imidazole rings is 1. The standard InChI is InChI=1S/C26H26N4O2S/c1-18(2)25(31)29-21-10-6-19(7-11-21)15-27-26(32)20-8-12-23(13-9-20)33-17-22-16-30-14-4-3-5-24(30)28-22/h3-14,16,18H,15,17H2,1-2H3,(H,27,32)(H,29,31). The zero-order valence-corrected chi connectivity index (χ0v) is 19.4. The molecule has 0 unspecified atom stereocenters. The monoisotopic (exact) mass is 458 g/mol. The zero-order valence-electron chi connectivity index (χ0n) is 18.6. The molecule has 2 aromatic heterocycles. The molecule has 4 aromatic rings. The van der Waals surface area contributed by atoms with Crippen molar-refractivity contribution in [1.82, 2.24) is 14.7 Å². The van der Waals surface area contributed by atoms with Crippen LogP contribution < -0.4 is 10.6 Å². The van der Waals surface area contributed by atoms with E-state index in [0.29, 0.717) is 12.1 Å². The van der Waals surface area contributed by atoms with Crippen molar-refractivity contribution in [1.29, 1.82) is 0 Å². The fraction of sp³-hybridized carbons (Fsp3) is 0.192. The Morgan fingerprint density at radius 1 is 1.00 bits per heavy atom. The van der Waals surface area contributed by atoms with Crippen LogP contribution in [-0.2, 0) is 17.1 Å². The highest BCUT2D eigenvalue weighted by Crippen LogP contribution is 2.23. The molecule has 33 heavy (non-hydrogen) atoms. The molecule has 2 amide bonds. The highest BCUT2D eigenvalue weighted by Gasteiger charge is 2.09. The van der Waals surface area contributed by atoms with Crippen molar-refractivity contribution in [2.75, 3.05) is 5.32 Å². The Balaban J connectivity index is 1.27. The highest BCUT2D eigenvalue weighted by molar-refractivity contribution is 7.98. The van der Waals surface area contributed by atoms with E-state index >= 15 is 0 Å². The van der Waals surface area contributed by atoms with Gasteiger partial charge in [-0.1, -0.05) is 32.0 Å². The number of nitrogens with zero attached hydrogens (tertiary/aromatic N) is 2. The molecule has 0 bridgehead atoms. The molecule has 6 nitrogen and oxygen atoms in total. The van der Waals surface area contributed by atoms with Gasteiger partial charge in [-0.2, -0.15) is 0 Å². The van der Waals surface area contributed by atoms with Crippen LogP contribution in [0.25, 0.3) is 5.65 Å². The van der Waals surface area contributed by atoms with Crippen LogP contribution in [0.1, 0.15) is 35.5 Å². The largest absolute Gasteiger partial charge is 0.348 e. The molecule has 0 saturated heterocycles. The zero-order chi connectivity index (χ0) is 23.2. The van der Waals surface area contributed by atoms with Gasteiger partial charge in [0.15, 0.2) is 0 Å². The van der Waals surface area contributed by atoms with Crippen LogP contribution in [0.5, 0.6) is 0 Å². The van der Waals surface area contributed by atoms with Crippen LogP contribution in [-0.4, -0.2) is 21.2 Å². The van der Waals surface area contributed by atoms with E-state index in [4.69, 9.17) is 0 Å². The van der Waals surface area contributed by atoms with Gasteiger partial charge in [0.25, 0.3) is 5.91 Å². The van der Waals surface area contributed by atoms with Crippen molar-refractivity contribution in [3.63, 3.8) is 0 Å². The van der Waals surface area contributed by atoms with Gasteiger partial charge in [-0.3, -0.25) is 9.59 Å². The van der Waals surface area contributed by atoms with Gasteiger partial charge in [-0.25, -0.2) is 4.98 Å². The molecule has 168 valence electrons. The van der Waals surface area contributed by atoms with E-state index in [1.807, 2.05) is 97.4 Å². The normalized spacial score (nSPS) is 11.0. The third-order valence-corrected chi connectivity index (χ3v) is 6.16. The number of anilines is 1. The van der Waals surface area contributed by atoms with Gasteiger partial charge in [0.2, 0.25) is 5.91 Å². The van der Waals surface area contributed by atoms with Crippen LogP contribution in [0.15, 0.2) is 84.0 Å². The number of carbonyl (C=O) groups is 2. The summed E-state index contributed by atoms with van der Waals surface area (Å²) in [7, 11) is 0. The summed E-state index contributed by atoms with van der Waals surface area (Å²) in [5.41, 5.74) is 4.29. The first kappa shape index (κ1) is 22.6. The second kappa shape index (κ2) is 10.4. The number of benzene rings is 2. The maximum atomic E-state index is 12.5. The molecular formula is C26H26N4O2S. The topological polar surface area (TPSA) is 75.5 Å². The van der Waals surface area contributed by atoms with Crippen molar-refractivity contribution in [3.8, 4) is 0 Å². The number of carbonyl (C=O) groups excluding carboxylic acids is 2. The Morgan fingerprint density at radius 3 is 2.45 bits per heavy atom. The van der Waals surface area contributed by atoms with E-state index in [1.54, 1.807) is 11.8 Å². The molecule has 0 aliphatic heterocycles. The van der Waals surface area contributed by atoms with Gasteiger partial charge in [-0.05, 0) is 54.1 Å². The molecule has 0 saturated carbocycles. The van der Waals surface area contributed by atoms with Crippen molar-refractivity contribution >= 4 is 34.9 Å². The van der Waals surface area contributed by atoms with Gasteiger partial charge in [0, 0.05) is 46.8 Å². The average Bonchev–Trinajstić information content (AvgIpc) is 3.25. The summed E-state index contributed by atoms with van der Waals surface area (Å²) >= 11 is 1.69. The van der Waals surface area contributed by atoms with E-state index in [9.17, 15) is 9.59 Å². The summed E-state index contributed by atoms with van der Waals surface area (Å²) in [6.45, 7) is 4.12. The molecule has 0 aliphatic rings. The lowest BCUT2D eigenvalue weighted by Gasteiger charge is -2.09. The summed E-state index contributed by atoms with van der Waals surface area (Å²) in [4.78, 5) is 30.0. The predicted molar refractivity (Wildman–Crippen MR) is 132 cm³/mol. The molecular weight excluding hydrogens is 432 g/mol. The number of fused-ring (bicyclic) bond motifs is 1. The maximum absolute atomic E-state index is 12.5. The summed E-state index contributed by atoms with van der Waals surface area (Å²) in [5.74, 6) is 0.556. The van der Waals surface area contributed by atoms with Crippen LogP contribution in [0.3, 0.4) is 0 Å². The lowest BCUT2D eigenvalue weighted by molar-refractivity contribution is -0.118. The first-order chi connectivity index (χ1) is 16.0. The Kier molecular flexibility index (Phi) is 7.10. The number of thioether (sulfide) groups is 1. The highest BCUT2D eigenvalue weighted by atomic mass is 32.2.